The van der Waals surface area contributed by atoms with Crippen LogP contribution < -0.4 is 10.2 Å². The molecule has 5 nitrogen and oxygen atoms in total. The first kappa shape index (κ1) is 23.4. The summed E-state index contributed by atoms with van der Waals surface area (Å²) in [7, 11) is -1.42. The largest absolute Gasteiger partial charge is 0.417 e. The summed E-state index contributed by atoms with van der Waals surface area (Å²) in [6.45, 7) is -0.444. The number of amides is 1. The summed E-state index contributed by atoms with van der Waals surface area (Å²) < 4.78 is 78.7. The van der Waals surface area contributed by atoms with Gasteiger partial charge in [-0.15, -0.1) is 0 Å². The Morgan fingerprint density at radius 1 is 1.23 bits per heavy atom. The molecule has 1 fully saturated rings. The Morgan fingerprint density at radius 2 is 1.87 bits per heavy atom. The van der Waals surface area contributed by atoms with E-state index in [-0.39, 0.29) is 35.1 Å². The summed E-state index contributed by atoms with van der Waals surface area (Å²) in [5, 5.41) is 2.02. The Labute approximate surface area is 182 Å². The number of carbonyl (C=O) groups is 1. The van der Waals surface area contributed by atoms with Crippen LogP contribution in [0, 0.1) is 0 Å². The lowest BCUT2D eigenvalue weighted by atomic mass is 10.0. The Hall–Kier alpha value is -2.27. The molecule has 0 radical (unpaired) electrons. The number of aromatic nitrogens is 1. The molecule has 1 aliphatic rings. The predicted molar refractivity (Wildman–Crippen MR) is 107 cm³/mol. The van der Waals surface area contributed by atoms with Crippen molar-refractivity contribution in [3.63, 3.8) is 0 Å². The topological polar surface area (TPSA) is 62.3 Å². The van der Waals surface area contributed by atoms with Crippen LogP contribution in [0.4, 0.5) is 33.3 Å². The molecule has 168 valence electrons. The number of nitrogens with one attached hydrogen (secondary N) is 1. The predicted octanol–water partition coefficient (Wildman–Crippen LogP) is 4.98. The van der Waals surface area contributed by atoms with E-state index in [1.807, 2.05) is 0 Å². The van der Waals surface area contributed by atoms with E-state index in [0.29, 0.717) is 6.07 Å². The number of hydrogen-bond acceptors (Lipinski definition) is 4. The molecule has 1 aliphatic heterocycles. The molecule has 0 bridgehead atoms. The van der Waals surface area contributed by atoms with Gasteiger partial charge in [-0.25, -0.2) is 13.8 Å². The second-order valence-electron chi connectivity index (χ2n) is 6.98. The van der Waals surface area contributed by atoms with E-state index < -0.39 is 52.2 Å². The van der Waals surface area contributed by atoms with Gasteiger partial charge < -0.3 is 10.2 Å². The maximum atomic E-state index is 13.5. The molecule has 1 N–H and O–H groups in total. The SMILES string of the molecule is CS(=O)c1cc(NC(=O)c2cc(Cl)c(C(F)(F)F)cc2N2CCC(F)(F)CC2)ccn1. The zero-order valence-electron chi connectivity index (χ0n) is 16.1. The molecule has 0 saturated carbocycles. The molecule has 2 heterocycles. The number of rotatable bonds is 4. The van der Waals surface area contributed by atoms with Gasteiger partial charge in [0, 0.05) is 44.1 Å². The number of alkyl halides is 5. The molecule has 1 aromatic heterocycles. The minimum atomic E-state index is -4.79. The standard InChI is InChI=1S/C19H17ClF5N3O2S/c1-31(30)16-8-11(2-5-26-16)27-17(29)12-9-14(20)13(19(23,24)25)10-15(12)28-6-3-18(21,22)4-7-28/h2,5,8-10H,3-4,6-7H2,1H3,(H,26,27,29). The van der Waals surface area contributed by atoms with Gasteiger partial charge in [0.1, 0.15) is 5.03 Å². The van der Waals surface area contributed by atoms with Gasteiger partial charge in [-0.1, -0.05) is 11.6 Å². The monoisotopic (exact) mass is 481 g/mol. The van der Waals surface area contributed by atoms with Crippen molar-refractivity contribution in [2.75, 3.05) is 29.6 Å². The van der Waals surface area contributed by atoms with E-state index in [2.05, 4.69) is 10.3 Å². The number of anilines is 2. The Morgan fingerprint density at radius 3 is 2.45 bits per heavy atom. The summed E-state index contributed by atoms with van der Waals surface area (Å²) in [4.78, 5) is 18.1. The van der Waals surface area contributed by atoms with Crippen LogP contribution in [0.3, 0.4) is 0 Å². The average Bonchev–Trinajstić information content (AvgIpc) is 2.67. The van der Waals surface area contributed by atoms with Crippen LogP contribution >= 0.6 is 11.6 Å². The Kier molecular flexibility index (Phi) is 6.56. The van der Waals surface area contributed by atoms with Crippen LogP contribution in [0.5, 0.6) is 0 Å². The first-order valence-corrected chi connectivity index (χ1v) is 11.0. The van der Waals surface area contributed by atoms with Gasteiger partial charge in [0.15, 0.2) is 0 Å². The molecule has 3 rings (SSSR count). The van der Waals surface area contributed by atoms with Crippen LogP contribution in [0.2, 0.25) is 5.02 Å². The molecular formula is C19H17ClF5N3O2S. The molecule has 2 aromatic rings. The molecule has 0 spiro atoms. The molecule has 1 atom stereocenters. The van der Waals surface area contributed by atoms with E-state index in [1.54, 1.807) is 0 Å². The fourth-order valence-electron chi connectivity index (χ4n) is 3.14. The second-order valence-corrected chi connectivity index (χ2v) is 8.71. The summed E-state index contributed by atoms with van der Waals surface area (Å²) in [5.74, 6) is -3.71. The first-order valence-electron chi connectivity index (χ1n) is 9.02. The molecule has 1 aromatic carbocycles. The minimum absolute atomic E-state index is 0.141. The second kappa shape index (κ2) is 8.70. The zero-order valence-corrected chi connectivity index (χ0v) is 17.7. The van der Waals surface area contributed by atoms with E-state index >= 15 is 0 Å². The summed E-state index contributed by atoms with van der Waals surface area (Å²) in [6, 6.07) is 4.36. The van der Waals surface area contributed by atoms with Crippen molar-refractivity contribution in [1.82, 2.24) is 4.98 Å². The van der Waals surface area contributed by atoms with E-state index in [4.69, 9.17) is 11.6 Å². The van der Waals surface area contributed by atoms with Gasteiger partial charge in [0.25, 0.3) is 11.8 Å². The Balaban J connectivity index is 2.00. The average molecular weight is 482 g/mol. The number of nitrogens with zero attached hydrogens (tertiary/aromatic N) is 2. The lowest BCUT2D eigenvalue weighted by Crippen LogP contribution is -2.40. The Bertz CT molecular complexity index is 1020. The quantitative estimate of drug-likeness (QED) is 0.626. The number of hydrogen-bond donors (Lipinski definition) is 1. The molecule has 31 heavy (non-hydrogen) atoms. The van der Waals surface area contributed by atoms with E-state index in [9.17, 15) is 31.0 Å². The molecule has 1 saturated heterocycles. The van der Waals surface area contributed by atoms with Gasteiger partial charge in [-0.2, -0.15) is 13.2 Å². The van der Waals surface area contributed by atoms with E-state index in [1.165, 1.54) is 29.5 Å². The summed E-state index contributed by atoms with van der Waals surface area (Å²) in [5.41, 5.74) is -1.28. The smallest absolute Gasteiger partial charge is 0.370 e. The van der Waals surface area contributed by atoms with Crippen molar-refractivity contribution >= 4 is 39.7 Å². The van der Waals surface area contributed by atoms with Crippen LogP contribution in [-0.4, -0.2) is 40.4 Å². The molecular weight excluding hydrogens is 465 g/mol. The van der Waals surface area contributed by atoms with Crippen molar-refractivity contribution < 1.29 is 31.0 Å². The number of benzene rings is 1. The number of pyridine rings is 1. The number of piperidine rings is 1. The maximum Gasteiger partial charge on any atom is 0.417 e. The third-order valence-corrected chi connectivity index (χ3v) is 5.88. The lowest BCUT2D eigenvalue weighted by molar-refractivity contribution is -0.137. The highest BCUT2D eigenvalue weighted by Gasteiger charge is 2.38. The van der Waals surface area contributed by atoms with Crippen LogP contribution in [0.15, 0.2) is 35.5 Å². The van der Waals surface area contributed by atoms with Gasteiger partial charge in [-0.3, -0.25) is 9.00 Å². The normalized spacial score (nSPS) is 17.3. The van der Waals surface area contributed by atoms with Gasteiger partial charge in [0.2, 0.25) is 0 Å². The van der Waals surface area contributed by atoms with E-state index in [0.717, 1.165) is 6.07 Å². The lowest BCUT2D eigenvalue weighted by Gasteiger charge is -2.34. The van der Waals surface area contributed by atoms with Gasteiger partial charge >= 0.3 is 6.18 Å². The third kappa shape index (κ3) is 5.51. The first-order chi connectivity index (χ1) is 14.4. The molecule has 0 aliphatic carbocycles. The van der Waals surface area contributed by atoms with Crippen molar-refractivity contribution in [1.29, 1.82) is 0 Å². The fourth-order valence-corrected chi connectivity index (χ4v) is 3.91. The minimum Gasteiger partial charge on any atom is -0.370 e. The highest BCUT2D eigenvalue weighted by atomic mass is 35.5. The van der Waals surface area contributed by atoms with Crippen LogP contribution in [0.1, 0.15) is 28.8 Å². The van der Waals surface area contributed by atoms with Crippen molar-refractivity contribution in [3.05, 3.63) is 46.6 Å². The highest BCUT2D eigenvalue weighted by molar-refractivity contribution is 7.84. The van der Waals surface area contributed by atoms with Gasteiger partial charge in [0.05, 0.1) is 32.6 Å². The number of halogens is 6. The van der Waals surface area contributed by atoms with Crippen molar-refractivity contribution in [2.24, 2.45) is 0 Å². The zero-order chi connectivity index (χ0) is 23.0. The fraction of sp³-hybridized carbons (Fsp3) is 0.368. The maximum absolute atomic E-state index is 13.5. The van der Waals surface area contributed by atoms with Crippen LogP contribution in [-0.2, 0) is 17.0 Å². The highest BCUT2D eigenvalue weighted by Crippen LogP contribution is 2.40. The third-order valence-electron chi connectivity index (χ3n) is 4.76. The van der Waals surface area contributed by atoms with Crippen molar-refractivity contribution in [2.45, 2.75) is 30.0 Å². The summed E-state index contributed by atoms with van der Waals surface area (Å²) in [6.07, 6.45) is -3.17. The summed E-state index contributed by atoms with van der Waals surface area (Å²) >= 11 is 5.80. The molecule has 12 heteroatoms. The molecule has 1 amide bonds. The number of carbonyl (C=O) groups excluding carboxylic acids is 1. The van der Waals surface area contributed by atoms with Crippen LogP contribution in [0.25, 0.3) is 0 Å². The van der Waals surface area contributed by atoms with Gasteiger partial charge in [-0.05, 0) is 24.3 Å². The van der Waals surface area contributed by atoms with Crippen molar-refractivity contribution in [3.8, 4) is 0 Å². The molecule has 1 unspecified atom stereocenters.